The number of halogens is 1. The van der Waals surface area contributed by atoms with Crippen LogP contribution in [0.2, 0.25) is 0 Å². The van der Waals surface area contributed by atoms with E-state index in [-0.39, 0.29) is 11.7 Å². The predicted octanol–water partition coefficient (Wildman–Crippen LogP) is 4.93. The molecule has 8 heteroatoms. The molecule has 0 unspecified atom stereocenters. The fourth-order valence-corrected chi connectivity index (χ4v) is 4.83. The number of hydrogen-bond acceptors (Lipinski definition) is 6. The quantitative estimate of drug-likeness (QED) is 0.355. The lowest BCUT2D eigenvalue weighted by atomic mass is 10.1. The highest BCUT2D eigenvalue weighted by Crippen LogP contribution is 2.25. The van der Waals surface area contributed by atoms with E-state index in [0.29, 0.717) is 34.6 Å². The molecular weight excluding hydrogens is 461 g/mol. The van der Waals surface area contributed by atoms with Gasteiger partial charge in [0.25, 0.3) is 5.91 Å². The first-order chi connectivity index (χ1) is 16.9. The summed E-state index contributed by atoms with van der Waals surface area (Å²) in [5, 5.41) is 3.68. The zero-order chi connectivity index (χ0) is 24.8. The molecule has 0 bridgehead atoms. The highest BCUT2D eigenvalue weighted by Gasteiger charge is 2.21. The van der Waals surface area contributed by atoms with E-state index < -0.39 is 0 Å². The molecule has 1 N–H and O–H groups in total. The van der Waals surface area contributed by atoms with Gasteiger partial charge in [0.15, 0.2) is 5.16 Å². The minimum absolute atomic E-state index is 0.0471. The maximum absolute atomic E-state index is 14.2. The monoisotopic (exact) mass is 493 g/mol. The molecule has 3 aromatic rings. The molecule has 0 saturated carbocycles. The Morgan fingerprint density at radius 2 is 1.77 bits per heavy atom. The van der Waals surface area contributed by atoms with Gasteiger partial charge >= 0.3 is 0 Å². The van der Waals surface area contributed by atoms with Crippen molar-refractivity contribution in [3.05, 3.63) is 77.2 Å². The van der Waals surface area contributed by atoms with E-state index in [1.165, 1.54) is 6.07 Å². The van der Waals surface area contributed by atoms with Crippen molar-refractivity contribution in [1.82, 2.24) is 15.3 Å². The number of amides is 1. The summed E-state index contributed by atoms with van der Waals surface area (Å²) in [6.45, 7) is 9.79. The molecular formula is C27H32FN5OS. The van der Waals surface area contributed by atoms with Gasteiger partial charge in [0.1, 0.15) is 11.6 Å². The normalized spacial score (nSPS) is 13.9. The van der Waals surface area contributed by atoms with Gasteiger partial charge in [0.05, 0.1) is 5.69 Å². The molecule has 1 fully saturated rings. The molecule has 1 aliphatic rings. The molecule has 1 aromatic heterocycles. The van der Waals surface area contributed by atoms with E-state index in [1.54, 1.807) is 17.8 Å². The number of thioether (sulfide) groups is 1. The van der Waals surface area contributed by atoms with Crippen molar-refractivity contribution >= 4 is 29.2 Å². The third kappa shape index (κ3) is 6.72. The van der Waals surface area contributed by atoms with E-state index in [9.17, 15) is 9.18 Å². The number of carbonyl (C=O) groups excluding carboxylic acids is 1. The molecule has 6 nitrogen and oxygen atoms in total. The lowest BCUT2D eigenvalue weighted by Crippen LogP contribution is -2.47. The van der Waals surface area contributed by atoms with Gasteiger partial charge in [-0.05, 0) is 42.7 Å². The number of nitrogens with one attached hydrogen (secondary N) is 1. The number of aryl methyl sites for hydroxylation is 1. The molecule has 0 atom stereocenters. The molecule has 0 aliphatic carbocycles. The second kappa shape index (κ2) is 11.5. The SMILES string of the molecule is Cc1cc(N2CCN(c3ccccc3F)CC2)nc(SCc2cccc(C(=O)NCC(C)C)c2)n1. The third-order valence-electron chi connectivity index (χ3n) is 5.84. The van der Waals surface area contributed by atoms with Crippen LogP contribution in [0.4, 0.5) is 15.9 Å². The molecule has 35 heavy (non-hydrogen) atoms. The molecule has 4 rings (SSSR count). The topological polar surface area (TPSA) is 61.4 Å². The molecule has 2 heterocycles. The zero-order valence-corrected chi connectivity index (χ0v) is 21.3. The van der Waals surface area contributed by atoms with Crippen LogP contribution in [0.3, 0.4) is 0 Å². The summed E-state index contributed by atoms with van der Waals surface area (Å²) < 4.78 is 14.2. The molecule has 1 aliphatic heterocycles. The van der Waals surface area contributed by atoms with E-state index in [0.717, 1.165) is 43.3 Å². The van der Waals surface area contributed by atoms with Crippen molar-refractivity contribution in [2.75, 3.05) is 42.5 Å². The Morgan fingerprint density at radius 1 is 1.03 bits per heavy atom. The minimum Gasteiger partial charge on any atom is -0.366 e. The van der Waals surface area contributed by atoms with E-state index in [2.05, 4.69) is 33.9 Å². The zero-order valence-electron chi connectivity index (χ0n) is 20.5. The summed E-state index contributed by atoms with van der Waals surface area (Å²) in [6.07, 6.45) is 0. The van der Waals surface area contributed by atoms with Gasteiger partial charge in [-0.25, -0.2) is 14.4 Å². The first-order valence-electron chi connectivity index (χ1n) is 12.0. The van der Waals surface area contributed by atoms with Gasteiger partial charge in [0.2, 0.25) is 0 Å². The van der Waals surface area contributed by atoms with Gasteiger partial charge < -0.3 is 15.1 Å². The highest BCUT2D eigenvalue weighted by molar-refractivity contribution is 7.98. The Morgan fingerprint density at radius 3 is 2.51 bits per heavy atom. The number of rotatable bonds is 8. The predicted molar refractivity (Wildman–Crippen MR) is 141 cm³/mol. The fraction of sp³-hybridized carbons (Fsp3) is 0.370. The van der Waals surface area contributed by atoms with Crippen molar-refractivity contribution < 1.29 is 9.18 Å². The summed E-state index contributed by atoms with van der Waals surface area (Å²) in [4.78, 5) is 26.1. The van der Waals surface area contributed by atoms with Crippen LogP contribution in [0.25, 0.3) is 0 Å². The van der Waals surface area contributed by atoms with Crippen LogP contribution in [0.15, 0.2) is 59.8 Å². The molecule has 184 valence electrons. The lowest BCUT2D eigenvalue weighted by Gasteiger charge is -2.37. The van der Waals surface area contributed by atoms with Gasteiger partial charge in [-0.2, -0.15) is 0 Å². The summed E-state index contributed by atoms with van der Waals surface area (Å²) in [7, 11) is 0. The van der Waals surface area contributed by atoms with Gasteiger partial charge in [-0.15, -0.1) is 0 Å². The van der Waals surface area contributed by atoms with Crippen molar-refractivity contribution in [1.29, 1.82) is 0 Å². The average Bonchev–Trinajstić information content (AvgIpc) is 2.86. The van der Waals surface area contributed by atoms with Crippen LogP contribution in [-0.4, -0.2) is 48.6 Å². The molecule has 1 saturated heterocycles. The summed E-state index contributed by atoms with van der Waals surface area (Å²) in [5.41, 5.74) is 3.29. The number of benzene rings is 2. The van der Waals surface area contributed by atoms with Gasteiger partial charge in [-0.3, -0.25) is 4.79 Å². The van der Waals surface area contributed by atoms with E-state index in [1.807, 2.05) is 49.4 Å². The second-order valence-electron chi connectivity index (χ2n) is 9.17. The Balaban J connectivity index is 1.38. The molecule has 1 amide bonds. The number of aromatic nitrogens is 2. The third-order valence-corrected chi connectivity index (χ3v) is 6.76. The van der Waals surface area contributed by atoms with E-state index in [4.69, 9.17) is 4.98 Å². The van der Waals surface area contributed by atoms with Crippen molar-refractivity contribution in [2.45, 2.75) is 31.7 Å². The van der Waals surface area contributed by atoms with Crippen LogP contribution >= 0.6 is 11.8 Å². The largest absolute Gasteiger partial charge is 0.366 e. The highest BCUT2D eigenvalue weighted by atomic mass is 32.2. The number of para-hydroxylation sites is 1. The lowest BCUT2D eigenvalue weighted by molar-refractivity contribution is 0.0949. The minimum atomic E-state index is -0.181. The summed E-state index contributed by atoms with van der Waals surface area (Å²) in [5.74, 6) is 1.76. The number of carbonyl (C=O) groups is 1. The first-order valence-corrected chi connectivity index (χ1v) is 13.0. The van der Waals surface area contributed by atoms with Crippen LogP contribution in [0, 0.1) is 18.7 Å². The Kier molecular flexibility index (Phi) is 8.23. The van der Waals surface area contributed by atoms with Crippen molar-refractivity contribution in [2.24, 2.45) is 5.92 Å². The second-order valence-corrected chi connectivity index (χ2v) is 10.1. The summed E-state index contributed by atoms with van der Waals surface area (Å²) in [6, 6.07) is 16.6. The van der Waals surface area contributed by atoms with Gasteiger partial charge in [-0.1, -0.05) is 49.9 Å². The van der Waals surface area contributed by atoms with Crippen LogP contribution in [0.1, 0.15) is 35.5 Å². The number of piperazine rings is 1. The average molecular weight is 494 g/mol. The summed E-state index contributed by atoms with van der Waals surface area (Å²) >= 11 is 1.56. The van der Waals surface area contributed by atoms with Crippen LogP contribution in [-0.2, 0) is 5.75 Å². The van der Waals surface area contributed by atoms with Crippen LogP contribution < -0.4 is 15.1 Å². The molecule has 2 aromatic carbocycles. The van der Waals surface area contributed by atoms with Gasteiger partial charge in [0, 0.05) is 55.8 Å². The standard InChI is InChI=1S/C27H32FN5OS/c1-19(2)17-29-26(34)22-8-6-7-21(16-22)18-35-27-30-20(3)15-25(31-27)33-13-11-32(12-14-33)24-10-5-4-9-23(24)28/h4-10,15-16,19H,11-14,17-18H2,1-3H3,(H,29,34). The number of anilines is 2. The Labute approximate surface area is 211 Å². The maximum atomic E-state index is 14.2. The van der Waals surface area contributed by atoms with Crippen molar-refractivity contribution in [3.8, 4) is 0 Å². The maximum Gasteiger partial charge on any atom is 0.251 e. The Hall–Kier alpha value is -3.13. The fourth-order valence-electron chi connectivity index (χ4n) is 3.99. The van der Waals surface area contributed by atoms with E-state index >= 15 is 0 Å². The van der Waals surface area contributed by atoms with Crippen LogP contribution in [0.5, 0.6) is 0 Å². The number of nitrogens with zero attached hydrogens (tertiary/aromatic N) is 4. The first kappa shape index (κ1) is 25.0. The smallest absolute Gasteiger partial charge is 0.251 e. The Bertz CT molecular complexity index is 1160. The molecule has 0 spiro atoms. The van der Waals surface area contributed by atoms with Crippen molar-refractivity contribution in [3.63, 3.8) is 0 Å². The molecule has 0 radical (unpaired) electrons. The number of hydrogen-bond donors (Lipinski definition) is 1.